The number of ether oxygens (including phenoxy) is 1. The van der Waals surface area contributed by atoms with Crippen molar-refractivity contribution in [3.05, 3.63) is 63.1 Å². The Hall–Kier alpha value is -2.64. The molecule has 1 aliphatic heterocycles. The first-order valence-electron chi connectivity index (χ1n) is 7.41. The van der Waals surface area contributed by atoms with Crippen molar-refractivity contribution in [3.63, 3.8) is 0 Å². The van der Waals surface area contributed by atoms with Crippen LogP contribution in [0.25, 0.3) is 6.08 Å². The molecule has 8 heteroatoms. The number of carbonyl (C=O) groups excluding carboxylic acids is 3. The second kappa shape index (κ2) is 7.31. The molecule has 0 spiro atoms. The molecule has 0 atom stereocenters. The van der Waals surface area contributed by atoms with E-state index in [1.807, 2.05) is 0 Å². The largest absolute Gasteiger partial charge is 0.496 e. The number of nitrogens with zero attached hydrogens (tertiary/aromatic N) is 1. The third-order valence-corrected chi connectivity index (χ3v) is 4.39. The molecule has 0 bridgehead atoms. The Bertz CT molecular complexity index is 958. The Balaban J connectivity index is 2.07. The number of barbiturate groups is 1. The summed E-state index contributed by atoms with van der Waals surface area (Å²) in [6.45, 7) is 0. The number of hydrogen-bond acceptors (Lipinski definition) is 4. The number of amides is 4. The summed E-state index contributed by atoms with van der Waals surface area (Å²) in [6, 6.07) is 10.6. The van der Waals surface area contributed by atoms with Crippen LogP contribution in [0, 0.1) is 0 Å². The summed E-state index contributed by atoms with van der Waals surface area (Å²) in [5.41, 5.74) is 0.575. The second-order valence-corrected chi connectivity index (χ2v) is 6.68. The molecule has 26 heavy (non-hydrogen) atoms. The normalized spacial score (nSPS) is 16.0. The molecule has 1 saturated heterocycles. The summed E-state index contributed by atoms with van der Waals surface area (Å²) >= 11 is 9.28. The first kappa shape index (κ1) is 18.2. The molecule has 0 aromatic heterocycles. The Labute approximate surface area is 162 Å². The minimum absolute atomic E-state index is 0.204. The molecule has 4 amide bonds. The first-order chi connectivity index (χ1) is 12.4. The van der Waals surface area contributed by atoms with Gasteiger partial charge in [0.25, 0.3) is 11.8 Å². The molecule has 1 fully saturated rings. The number of carbonyl (C=O) groups is 3. The van der Waals surface area contributed by atoms with E-state index in [0.717, 1.165) is 4.90 Å². The lowest BCUT2D eigenvalue weighted by Gasteiger charge is -2.26. The van der Waals surface area contributed by atoms with Crippen molar-refractivity contribution in [3.8, 4) is 5.75 Å². The van der Waals surface area contributed by atoms with E-state index in [-0.39, 0.29) is 5.57 Å². The van der Waals surface area contributed by atoms with Crippen LogP contribution in [-0.4, -0.2) is 25.0 Å². The van der Waals surface area contributed by atoms with Crippen molar-refractivity contribution in [1.82, 2.24) is 5.32 Å². The zero-order valence-corrected chi connectivity index (χ0v) is 15.8. The van der Waals surface area contributed by atoms with Gasteiger partial charge < -0.3 is 4.74 Å². The molecule has 1 aliphatic rings. The molecule has 3 rings (SSSR count). The van der Waals surface area contributed by atoms with E-state index in [2.05, 4.69) is 21.2 Å². The van der Waals surface area contributed by atoms with Crippen molar-refractivity contribution in [1.29, 1.82) is 0 Å². The maximum atomic E-state index is 12.8. The highest BCUT2D eigenvalue weighted by Crippen LogP contribution is 2.28. The average Bonchev–Trinajstić information content (AvgIpc) is 2.58. The van der Waals surface area contributed by atoms with Crippen molar-refractivity contribution in [2.24, 2.45) is 0 Å². The van der Waals surface area contributed by atoms with E-state index in [1.54, 1.807) is 42.5 Å². The van der Waals surface area contributed by atoms with Gasteiger partial charge in [-0.1, -0.05) is 33.6 Å². The monoisotopic (exact) mass is 434 g/mol. The summed E-state index contributed by atoms with van der Waals surface area (Å²) in [6.07, 6.45) is 1.35. The third kappa shape index (κ3) is 3.49. The van der Waals surface area contributed by atoms with E-state index in [0.29, 0.717) is 26.5 Å². The highest BCUT2D eigenvalue weighted by molar-refractivity contribution is 9.10. The van der Waals surface area contributed by atoms with Crippen LogP contribution in [0.1, 0.15) is 5.56 Å². The summed E-state index contributed by atoms with van der Waals surface area (Å²) < 4.78 is 5.92. The van der Waals surface area contributed by atoms with Crippen LogP contribution < -0.4 is 15.0 Å². The number of rotatable bonds is 3. The van der Waals surface area contributed by atoms with E-state index >= 15 is 0 Å². The summed E-state index contributed by atoms with van der Waals surface area (Å²) in [5.74, 6) is -1.08. The highest BCUT2D eigenvalue weighted by Gasteiger charge is 2.37. The van der Waals surface area contributed by atoms with Gasteiger partial charge in [-0.3, -0.25) is 14.9 Å². The maximum Gasteiger partial charge on any atom is 0.335 e. The number of hydrogen-bond donors (Lipinski definition) is 1. The molecule has 132 valence electrons. The quantitative estimate of drug-likeness (QED) is 0.588. The van der Waals surface area contributed by atoms with Gasteiger partial charge in [0.05, 0.1) is 12.8 Å². The van der Waals surface area contributed by atoms with Gasteiger partial charge in [-0.15, -0.1) is 0 Å². The number of benzene rings is 2. The molecule has 6 nitrogen and oxygen atoms in total. The summed E-state index contributed by atoms with van der Waals surface area (Å²) in [5, 5.41) is 2.59. The fraction of sp³-hybridized carbons (Fsp3) is 0.0556. The Morgan fingerprint density at radius 1 is 1.15 bits per heavy atom. The van der Waals surface area contributed by atoms with Gasteiger partial charge in [0, 0.05) is 15.1 Å². The zero-order valence-electron chi connectivity index (χ0n) is 13.5. The van der Waals surface area contributed by atoms with E-state index in [4.69, 9.17) is 16.3 Å². The lowest BCUT2D eigenvalue weighted by molar-refractivity contribution is -0.122. The van der Waals surface area contributed by atoms with Crippen molar-refractivity contribution < 1.29 is 19.1 Å². The molecule has 0 aliphatic carbocycles. The van der Waals surface area contributed by atoms with Gasteiger partial charge in [-0.05, 0) is 42.5 Å². The van der Waals surface area contributed by atoms with Crippen LogP contribution in [0.5, 0.6) is 5.75 Å². The van der Waals surface area contributed by atoms with Crippen molar-refractivity contribution in [2.45, 2.75) is 0 Å². The molecule has 1 heterocycles. The third-order valence-electron chi connectivity index (χ3n) is 3.66. The SMILES string of the molecule is COc1ccc(Cl)cc1/C=C1/C(=O)NC(=O)N(c2cccc(Br)c2)C1=O. The molecule has 0 radical (unpaired) electrons. The number of anilines is 1. The number of methoxy groups -OCH3 is 1. The van der Waals surface area contributed by atoms with Crippen molar-refractivity contribution in [2.75, 3.05) is 12.0 Å². The molecule has 2 aromatic carbocycles. The first-order valence-corrected chi connectivity index (χ1v) is 8.58. The molecule has 1 N–H and O–H groups in total. The van der Waals surface area contributed by atoms with E-state index in [9.17, 15) is 14.4 Å². The predicted octanol–water partition coefficient (Wildman–Crippen LogP) is 3.78. The minimum atomic E-state index is -0.812. The lowest BCUT2D eigenvalue weighted by Crippen LogP contribution is -2.54. The predicted molar refractivity (Wildman–Crippen MR) is 101 cm³/mol. The molecular formula is C18H12BrClN2O4. The van der Waals surface area contributed by atoms with Gasteiger partial charge in [-0.2, -0.15) is 0 Å². The number of halogens is 2. The maximum absolute atomic E-state index is 12.8. The van der Waals surface area contributed by atoms with Crippen LogP contribution in [0.2, 0.25) is 5.02 Å². The van der Waals surface area contributed by atoms with Crippen LogP contribution in [0.3, 0.4) is 0 Å². The van der Waals surface area contributed by atoms with Crippen LogP contribution in [0.15, 0.2) is 52.5 Å². The van der Waals surface area contributed by atoms with E-state index in [1.165, 1.54) is 13.2 Å². The van der Waals surface area contributed by atoms with Gasteiger partial charge in [0.2, 0.25) is 0 Å². The van der Waals surface area contributed by atoms with Gasteiger partial charge in [0.1, 0.15) is 11.3 Å². The Morgan fingerprint density at radius 3 is 2.62 bits per heavy atom. The topological polar surface area (TPSA) is 75.7 Å². The number of nitrogens with one attached hydrogen (secondary N) is 1. The van der Waals surface area contributed by atoms with Crippen LogP contribution in [-0.2, 0) is 9.59 Å². The Kier molecular flexibility index (Phi) is 5.11. The number of urea groups is 1. The lowest BCUT2D eigenvalue weighted by atomic mass is 10.1. The minimum Gasteiger partial charge on any atom is -0.496 e. The molecule has 0 saturated carbocycles. The standard InChI is InChI=1S/C18H12BrClN2O4/c1-26-15-6-5-12(20)7-10(15)8-14-16(23)21-18(25)22(17(14)24)13-4-2-3-11(19)9-13/h2-9H,1H3,(H,21,23,25)/b14-8-. The van der Waals surface area contributed by atoms with E-state index < -0.39 is 17.8 Å². The fourth-order valence-electron chi connectivity index (χ4n) is 2.48. The van der Waals surface area contributed by atoms with Crippen molar-refractivity contribution >= 4 is 57.1 Å². The number of imide groups is 2. The molecular weight excluding hydrogens is 424 g/mol. The molecule has 2 aromatic rings. The smallest absolute Gasteiger partial charge is 0.335 e. The second-order valence-electron chi connectivity index (χ2n) is 5.32. The average molecular weight is 436 g/mol. The zero-order chi connectivity index (χ0) is 18.8. The summed E-state index contributed by atoms with van der Waals surface area (Å²) in [7, 11) is 1.46. The fourth-order valence-corrected chi connectivity index (χ4v) is 3.05. The summed E-state index contributed by atoms with van der Waals surface area (Å²) in [4.78, 5) is 38.1. The van der Waals surface area contributed by atoms with Crippen LogP contribution >= 0.6 is 27.5 Å². The Morgan fingerprint density at radius 2 is 1.92 bits per heavy atom. The molecule has 0 unspecified atom stereocenters. The van der Waals surface area contributed by atoms with Gasteiger partial charge in [-0.25, -0.2) is 9.69 Å². The van der Waals surface area contributed by atoms with Gasteiger partial charge in [0.15, 0.2) is 0 Å². The highest BCUT2D eigenvalue weighted by atomic mass is 79.9. The van der Waals surface area contributed by atoms with Crippen LogP contribution in [0.4, 0.5) is 10.5 Å². The van der Waals surface area contributed by atoms with Gasteiger partial charge >= 0.3 is 6.03 Å².